The molecule has 15 heterocycles. The van der Waals surface area contributed by atoms with Crippen molar-refractivity contribution in [3.05, 3.63) is 260 Å². The molecule has 0 radical (unpaired) electrons. The molecule has 0 saturated carbocycles. The summed E-state index contributed by atoms with van der Waals surface area (Å²) in [6, 6.07) is 52.0. The molecule has 10 aromatic heterocycles. The van der Waals surface area contributed by atoms with E-state index in [1.165, 1.54) is 22.2 Å². The van der Waals surface area contributed by atoms with Gasteiger partial charge in [0.25, 0.3) is 0 Å². The molecule has 23 nitrogen and oxygen atoms in total. The lowest BCUT2D eigenvalue weighted by molar-refractivity contribution is 0.263. The zero-order chi connectivity index (χ0) is 89.6. The molecule has 5 aliphatic rings. The molecule has 18 aromatic rings. The molecule has 23 heteroatoms. The number of pyridine rings is 2. The van der Waals surface area contributed by atoms with Gasteiger partial charge in [0.15, 0.2) is 62.8 Å². The molecule has 620 valence electrons. The van der Waals surface area contributed by atoms with Gasteiger partial charge < -0.3 is 56.4 Å². The molecule has 0 fully saturated rings. The average Bonchev–Trinajstić information content (AvgIpc) is 1.57. The van der Waals surface area contributed by atoms with Crippen LogP contribution in [-0.2, 0) is 0 Å². The van der Waals surface area contributed by atoms with E-state index < -0.39 is 25.2 Å². The molecule has 5 unspecified atom stereocenters. The first-order chi connectivity index (χ1) is 61.4. The van der Waals surface area contributed by atoms with Crippen LogP contribution in [0.5, 0.6) is 0 Å². The second-order valence-corrected chi connectivity index (χ2v) is 32.8. The van der Waals surface area contributed by atoms with Gasteiger partial charge in [-0.1, -0.05) is 115 Å². The van der Waals surface area contributed by atoms with E-state index in [4.69, 9.17) is 28.9 Å². The van der Waals surface area contributed by atoms with Crippen LogP contribution in [0.15, 0.2) is 254 Å². The molecular weight excluding hydrogens is 1530 g/mol. The van der Waals surface area contributed by atoms with Crippen molar-refractivity contribution < 1.29 is 28.9 Å². The van der Waals surface area contributed by atoms with E-state index in [0.717, 1.165) is 167 Å². The number of furan rings is 5. The summed E-state index contributed by atoms with van der Waals surface area (Å²) in [6.45, 7) is 30.4. The van der Waals surface area contributed by atoms with Gasteiger partial charge in [-0.3, -0.25) is 14.7 Å². The van der Waals surface area contributed by atoms with Gasteiger partial charge in [0.1, 0.15) is 47.6 Å². The Labute approximate surface area is 721 Å². The highest BCUT2D eigenvalue weighted by Crippen LogP contribution is 2.52. The second-order valence-electron chi connectivity index (χ2n) is 32.8. The Hall–Kier alpha value is -14.2. The van der Waals surface area contributed by atoms with E-state index in [-0.39, 0.29) is 24.7 Å². The Morgan fingerprint density at radius 2 is 0.634 bits per heavy atom. The number of anilines is 11. The molecule has 0 amide bonds. The first kappa shape index (κ1) is 72.8. The maximum absolute atomic E-state index is 8.66. The van der Waals surface area contributed by atoms with Gasteiger partial charge in [-0.2, -0.15) is 0 Å². The maximum Gasteiger partial charge on any atom is 0.227 e. The Kier molecular flexibility index (Phi) is 18.4. The van der Waals surface area contributed by atoms with Crippen LogP contribution >= 0.6 is 0 Å². The fourth-order valence-corrected chi connectivity index (χ4v) is 18.4. The van der Waals surface area contributed by atoms with Crippen LogP contribution < -0.4 is 39.2 Å². The number of rotatable bonds is 8. The van der Waals surface area contributed by atoms with Crippen molar-refractivity contribution in [2.75, 3.05) is 53.2 Å². The third kappa shape index (κ3) is 13.0. The van der Waals surface area contributed by atoms with E-state index in [1.807, 2.05) is 141 Å². The third-order valence-electron chi connectivity index (χ3n) is 24.4. The lowest BCUT2D eigenvalue weighted by Gasteiger charge is -2.33. The van der Waals surface area contributed by atoms with E-state index in [0.29, 0.717) is 29.1 Å². The highest BCUT2D eigenvalue weighted by atomic mass is 16.4. The Morgan fingerprint density at radius 1 is 0.309 bits per heavy atom. The van der Waals surface area contributed by atoms with E-state index in [1.54, 1.807) is 43.4 Å². The number of nitrogens with zero attached hydrogens (tertiary/aromatic N) is 18. The van der Waals surface area contributed by atoms with Crippen LogP contribution in [0.1, 0.15) is 111 Å². The second kappa shape index (κ2) is 31.1. The topological polar surface area (TPSA) is 201 Å². The molecule has 5 aliphatic heterocycles. The van der Waals surface area contributed by atoms with E-state index in [2.05, 4.69) is 243 Å². The third-order valence-corrected chi connectivity index (χ3v) is 24.4. The summed E-state index contributed by atoms with van der Waals surface area (Å²) in [5, 5.41) is 10.8. The molecule has 0 aliphatic carbocycles. The largest absolute Gasteiger partial charge is 0.454 e. The van der Waals surface area contributed by atoms with Gasteiger partial charge in [0, 0.05) is 164 Å². The predicted octanol–water partition coefficient (Wildman–Crippen LogP) is 23.9. The number of hydrogen-bond acceptors (Lipinski definition) is 23. The van der Waals surface area contributed by atoms with Crippen LogP contribution in [0.3, 0.4) is 0 Å². The summed E-state index contributed by atoms with van der Waals surface area (Å²) in [6.07, 6.45) is 21.7. The van der Waals surface area contributed by atoms with E-state index >= 15 is 0 Å². The number of fused-ring (bicyclic) bond motifs is 18. The first-order valence-electron chi connectivity index (χ1n) is 44.3. The lowest BCUT2D eigenvalue weighted by atomic mass is 10.1. The number of aromatic nitrogens is 8. The van der Waals surface area contributed by atoms with Crippen molar-refractivity contribution in [1.82, 2.24) is 49.7 Å². The quantitative estimate of drug-likeness (QED) is 0.139. The van der Waals surface area contributed by atoms with Crippen LogP contribution in [0.4, 0.5) is 63.3 Å². The minimum absolute atomic E-state index is 0.123. The summed E-state index contributed by atoms with van der Waals surface area (Å²) in [4.78, 5) is 56.5. The van der Waals surface area contributed by atoms with Crippen molar-refractivity contribution in [3.63, 3.8) is 0 Å². The number of hydrogen-bond donors (Lipinski definition) is 0. The van der Waals surface area contributed by atoms with Gasteiger partial charge in [-0.25, -0.2) is 39.9 Å². The average molecular weight is 1640 g/mol. The fraction of sp³-hybridized carbons (Fsp3) is 0.260. The van der Waals surface area contributed by atoms with Gasteiger partial charge >= 0.3 is 0 Å². The van der Waals surface area contributed by atoms with Crippen LogP contribution in [0.2, 0.25) is 0 Å². The minimum Gasteiger partial charge on any atom is -0.454 e. The van der Waals surface area contributed by atoms with Crippen LogP contribution in [0, 0.1) is 34.6 Å². The van der Waals surface area contributed by atoms with Crippen molar-refractivity contribution >= 4 is 173 Å². The Balaban J connectivity index is 0.000000105. The van der Waals surface area contributed by atoms with Crippen molar-refractivity contribution in [1.29, 1.82) is 0 Å². The molecule has 0 saturated heterocycles. The van der Waals surface area contributed by atoms with Crippen LogP contribution in [-0.4, -0.2) is 113 Å². The number of aryl methyl sites for hydroxylation is 5. The SMILES string of the molecule is Cc1ccc2c(oc3ncccc32)c1N1C=CN(C(C)C)C1C.Cc1ccc2c(oc3ncccc32)c1N1C=CN(C)C1C.[2H]C(C)(C)N1c2nccnc2N(c2c(C)ccc3c2oc2ccccc23)C1C.[2H]C(C)(C)N1c2nccnc2N(c2c(C)ccc3c2oc2ccccc23)C1C.[2H]C([2H])([2H])N1c2nccnc2N(c2c(C)ccc3c2oc2ccccc23)C1C. The number of benzene rings is 8. The van der Waals surface area contributed by atoms with Crippen molar-refractivity contribution in [3.8, 4) is 0 Å². The van der Waals surface area contributed by atoms with Gasteiger partial charge in [0.05, 0.1) is 31.2 Å². The van der Waals surface area contributed by atoms with Crippen molar-refractivity contribution in [2.45, 2.75) is 160 Å². The van der Waals surface area contributed by atoms with E-state index in [9.17, 15) is 0 Å². The van der Waals surface area contributed by atoms with Gasteiger partial charge in [-0.05, 0) is 181 Å². The molecule has 5 atom stereocenters. The summed E-state index contributed by atoms with van der Waals surface area (Å²) in [7, 11) is 2.08. The standard InChI is InChI=1S/2C22H22N4O.C20H18N4O.C19H21N3O.C17H17N3O/c2*1-13(2)25-15(4)26(22-21(25)23-11-12-24-22)19-14(3)9-10-17-16-7-5-6-8-18(16)27-20(17)19;1-12-8-9-15-14-6-4-5-7-16(14)25-18(15)17(12)24-13(2)23(3)19-20(24)22-11-10-21-19;1-12(2)21-10-11-22(14(21)4)17-13(3)7-8-15-16-6-5-9-20-19(16)23-18(15)17;1-11-6-7-13-14-5-4-8-18-17(14)21-16(13)15(11)20-10-9-19(3)12(20)2/h2*5-13,15H,1-4H3;4-11,13H,1-3H3;5-12,14H,1-4H3;4-10,12H,1-3H3/i2*13D;3D3;;. The Morgan fingerprint density at radius 3 is 1.00 bits per heavy atom. The zero-order valence-electron chi connectivity index (χ0n) is 77.0. The summed E-state index contributed by atoms with van der Waals surface area (Å²) >= 11 is 0. The maximum atomic E-state index is 8.66. The van der Waals surface area contributed by atoms with Crippen LogP contribution in [0.25, 0.3) is 110 Å². The van der Waals surface area contributed by atoms with Gasteiger partial charge in [0.2, 0.25) is 11.4 Å². The predicted molar refractivity (Wildman–Crippen MR) is 499 cm³/mol. The number of para-hydroxylation sites is 3. The summed E-state index contributed by atoms with van der Waals surface area (Å²) < 4.78 is 72.3. The minimum atomic E-state index is -2.34. The first-order valence-corrected chi connectivity index (χ1v) is 41.8. The molecule has 0 N–H and O–H groups in total. The molecule has 0 bridgehead atoms. The summed E-state index contributed by atoms with van der Waals surface area (Å²) in [5.41, 5.74) is 18.8. The normalized spacial score (nSPS) is 18.1. The lowest BCUT2D eigenvalue weighted by Crippen LogP contribution is -2.42. The smallest absolute Gasteiger partial charge is 0.227 e. The summed E-state index contributed by atoms with van der Waals surface area (Å²) in [5.74, 6) is 3.83. The van der Waals surface area contributed by atoms with Gasteiger partial charge in [-0.15, -0.1) is 0 Å². The van der Waals surface area contributed by atoms with Crippen molar-refractivity contribution in [2.24, 2.45) is 0 Å². The molecule has 123 heavy (non-hydrogen) atoms. The highest BCUT2D eigenvalue weighted by Gasteiger charge is 2.43. The molecule has 23 rings (SSSR count). The highest BCUT2D eigenvalue weighted by molar-refractivity contribution is 6.14. The molecule has 8 aromatic carbocycles. The zero-order valence-corrected chi connectivity index (χ0v) is 72.0. The Bertz CT molecular complexity index is 6980. The molecular formula is C100H100N18O5. The molecule has 0 spiro atoms. The monoisotopic (exact) mass is 1640 g/mol. The fourth-order valence-electron chi connectivity index (χ4n) is 18.4.